The number of carbonyl (C=O) groups excluding carboxylic acids is 1. The van der Waals surface area contributed by atoms with Crippen LogP contribution in [-0.4, -0.2) is 34.5 Å². The fourth-order valence-corrected chi connectivity index (χ4v) is 3.15. The lowest BCUT2D eigenvalue weighted by atomic mass is 10.1. The van der Waals surface area contributed by atoms with Gasteiger partial charge in [0.05, 0.1) is 13.7 Å². The minimum atomic E-state index is -3.81. The molecule has 0 bridgehead atoms. The topological polar surface area (TPSA) is 84.5 Å². The zero-order chi connectivity index (χ0) is 17.6. The van der Waals surface area contributed by atoms with Gasteiger partial charge in [-0.25, -0.2) is 13.1 Å². The molecule has 0 radical (unpaired) electrons. The minimum absolute atomic E-state index is 0.0399. The highest BCUT2D eigenvalue weighted by atomic mass is 32.2. The molecule has 7 heteroatoms. The number of ether oxygens (including phenoxy) is 1. The predicted molar refractivity (Wildman–Crippen MR) is 90.1 cm³/mol. The van der Waals surface area contributed by atoms with Gasteiger partial charge in [0.1, 0.15) is 10.6 Å². The van der Waals surface area contributed by atoms with E-state index < -0.39 is 10.0 Å². The van der Waals surface area contributed by atoms with Crippen molar-refractivity contribution >= 4 is 15.9 Å². The summed E-state index contributed by atoms with van der Waals surface area (Å²) < 4.78 is 32.2. The summed E-state index contributed by atoms with van der Waals surface area (Å²) in [6, 6.07) is 3.22. The van der Waals surface area contributed by atoms with Gasteiger partial charge in [-0.2, -0.15) is 0 Å². The number of methoxy groups -OCH3 is 1. The van der Waals surface area contributed by atoms with Crippen LogP contribution < -0.4 is 14.8 Å². The summed E-state index contributed by atoms with van der Waals surface area (Å²) in [5.41, 5.74) is 1.78. The molecule has 1 rings (SSSR count). The van der Waals surface area contributed by atoms with Gasteiger partial charge in [-0.05, 0) is 49.4 Å². The van der Waals surface area contributed by atoms with Gasteiger partial charge in [0.15, 0.2) is 0 Å². The van der Waals surface area contributed by atoms with Gasteiger partial charge >= 0.3 is 0 Å². The molecule has 0 atom stereocenters. The first kappa shape index (κ1) is 19.4. The maximum atomic E-state index is 12.4. The van der Waals surface area contributed by atoms with Gasteiger partial charge in [0.25, 0.3) is 0 Å². The third-order valence-corrected chi connectivity index (χ3v) is 4.96. The van der Waals surface area contributed by atoms with Crippen molar-refractivity contribution in [3.05, 3.63) is 23.3 Å². The van der Waals surface area contributed by atoms with Crippen LogP contribution in [0.1, 0.15) is 31.4 Å². The van der Waals surface area contributed by atoms with Crippen molar-refractivity contribution in [1.82, 2.24) is 10.0 Å². The molecule has 0 unspecified atom stereocenters. The lowest BCUT2D eigenvalue weighted by Gasteiger charge is -2.13. The molecule has 6 nitrogen and oxygen atoms in total. The first-order valence-electron chi connectivity index (χ1n) is 7.59. The van der Waals surface area contributed by atoms with Gasteiger partial charge in [-0.15, -0.1) is 0 Å². The van der Waals surface area contributed by atoms with Gasteiger partial charge < -0.3 is 10.1 Å². The lowest BCUT2D eigenvalue weighted by molar-refractivity contribution is -0.119. The molecule has 0 fully saturated rings. The van der Waals surface area contributed by atoms with Crippen LogP contribution in [0.4, 0.5) is 0 Å². The molecule has 0 saturated heterocycles. The van der Waals surface area contributed by atoms with E-state index in [1.807, 2.05) is 13.8 Å². The third kappa shape index (κ3) is 5.84. The minimum Gasteiger partial charge on any atom is -0.495 e. The number of benzene rings is 1. The summed E-state index contributed by atoms with van der Waals surface area (Å²) in [6.45, 7) is 8.06. The second-order valence-corrected chi connectivity index (χ2v) is 7.68. The van der Waals surface area contributed by atoms with Crippen LogP contribution in [0, 0.1) is 19.8 Å². The maximum absolute atomic E-state index is 12.4. The van der Waals surface area contributed by atoms with Crippen molar-refractivity contribution in [2.75, 3.05) is 20.2 Å². The number of hydrogen-bond acceptors (Lipinski definition) is 4. The molecule has 0 aliphatic carbocycles. The zero-order valence-electron chi connectivity index (χ0n) is 14.4. The molecular weight excluding hydrogens is 316 g/mol. The molecule has 0 saturated carbocycles. The van der Waals surface area contributed by atoms with Crippen molar-refractivity contribution in [2.45, 2.75) is 39.0 Å². The Morgan fingerprint density at radius 1 is 1.22 bits per heavy atom. The van der Waals surface area contributed by atoms with Crippen LogP contribution in [0.3, 0.4) is 0 Å². The Hall–Kier alpha value is -1.60. The summed E-state index contributed by atoms with van der Waals surface area (Å²) in [5.74, 6) is 0.393. The van der Waals surface area contributed by atoms with Crippen LogP contribution in [0.5, 0.6) is 5.75 Å². The van der Waals surface area contributed by atoms with E-state index in [1.54, 1.807) is 12.1 Å². The standard InChI is InChI=1S/C16H26N2O4S/c1-11(2)6-7-17-16(19)10-18-23(20,21)15-9-13(4)12(3)8-14(15)22-5/h8-9,11,18H,6-7,10H2,1-5H3,(H,17,19). The quantitative estimate of drug-likeness (QED) is 0.754. The van der Waals surface area contributed by atoms with Crippen molar-refractivity contribution in [3.63, 3.8) is 0 Å². The molecular formula is C16H26N2O4S. The van der Waals surface area contributed by atoms with Gasteiger partial charge in [-0.1, -0.05) is 13.8 Å². The van der Waals surface area contributed by atoms with Crippen molar-refractivity contribution in [1.29, 1.82) is 0 Å². The second-order valence-electron chi connectivity index (χ2n) is 5.94. The molecule has 0 aliphatic heterocycles. The number of carbonyl (C=O) groups is 1. The van der Waals surface area contributed by atoms with Crippen LogP contribution >= 0.6 is 0 Å². The molecule has 130 valence electrons. The van der Waals surface area contributed by atoms with E-state index in [0.717, 1.165) is 17.5 Å². The lowest BCUT2D eigenvalue weighted by Crippen LogP contribution is -2.37. The highest BCUT2D eigenvalue weighted by Crippen LogP contribution is 2.26. The fourth-order valence-electron chi connectivity index (χ4n) is 1.93. The van der Waals surface area contributed by atoms with E-state index in [0.29, 0.717) is 12.5 Å². The molecule has 0 heterocycles. The number of aryl methyl sites for hydroxylation is 2. The highest BCUT2D eigenvalue weighted by Gasteiger charge is 2.21. The monoisotopic (exact) mass is 342 g/mol. The van der Waals surface area contributed by atoms with E-state index in [-0.39, 0.29) is 23.1 Å². The van der Waals surface area contributed by atoms with Crippen molar-refractivity contribution in [2.24, 2.45) is 5.92 Å². The summed E-state index contributed by atoms with van der Waals surface area (Å²) >= 11 is 0. The van der Waals surface area contributed by atoms with Crippen molar-refractivity contribution < 1.29 is 17.9 Å². The second kappa shape index (κ2) is 8.31. The SMILES string of the molecule is COc1cc(C)c(C)cc1S(=O)(=O)NCC(=O)NCCC(C)C. The molecule has 0 aliphatic rings. The molecule has 1 amide bonds. The Balaban J connectivity index is 2.77. The number of amides is 1. The Morgan fingerprint density at radius 3 is 2.39 bits per heavy atom. The number of hydrogen-bond donors (Lipinski definition) is 2. The van der Waals surface area contributed by atoms with Gasteiger partial charge in [0, 0.05) is 6.54 Å². The Labute approximate surface area is 138 Å². The fraction of sp³-hybridized carbons (Fsp3) is 0.562. The number of sulfonamides is 1. The Bertz CT molecular complexity index is 654. The van der Waals surface area contributed by atoms with Crippen molar-refractivity contribution in [3.8, 4) is 5.75 Å². The highest BCUT2D eigenvalue weighted by molar-refractivity contribution is 7.89. The average Bonchev–Trinajstić information content (AvgIpc) is 2.47. The smallest absolute Gasteiger partial charge is 0.244 e. The Morgan fingerprint density at radius 2 is 1.83 bits per heavy atom. The molecule has 2 N–H and O–H groups in total. The van der Waals surface area contributed by atoms with Crippen LogP contribution in [0.15, 0.2) is 17.0 Å². The maximum Gasteiger partial charge on any atom is 0.244 e. The van der Waals surface area contributed by atoms with Gasteiger partial charge in [0.2, 0.25) is 15.9 Å². The van der Waals surface area contributed by atoms with Gasteiger partial charge in [-0.3, -0.25) is 4.79 Å². The number of rotatable bonds is 8. The average molecular weight is 342 g/mol. The van der Waals surface area contributed by atoms with E-state index >= 15 is 0 Å². The molecule has 1 aromatic rings. The molecule has 1 aromatic carbocycles. The van der Waals surface area contributed by atoms with Crippen LogP contribution in [0.25, 0.3) is 0 Å². The summed E-state index contributed by atoms with van der Waals surface area (Å²) in [5, 5.41) is 2.69. The van der Waals surface area contributed by atoms with Crippen LogP contribution in [0.2, 0.25) is 0 Å². The Kier molecular flexibility index (Phi) is 7.02. The number of nitrogens with one attached hydrogen (secondary N) is 2. The molecule has 0 spiro atoms. The zero-order valence-corrected chi connectivity index (χ0v) is 15.2. The summed E-state index contributed by atoms with van der Waals surface area (Å²) in [7, 11) is -2.40. The molecule has 0 aromatic heterocycles. The first-order valence-corrected chi connectivity index (χ1v) is 9.07. The van der Waals surface area contributed by atoms with E-state index in [9.17, 15) is 13.2 Å². The summed E-state index contributed by atoms with van der Waals surface area (Å²) in [4.78, 5) is 11.7. The van der Waals surface area contributed by atoms with E-state index in [2.05, 4.69) is 23.9 Å². The largest absolute Gasteiger partial charge is 0.495 e. The van der Waals surface area contributed by atoms with E-state index in [1.165, 1.54) is 7.11 Å². The molecule has 23 heavy (non-hydrogen) atoms. The van der Waals surface area contributed by atoms with Crippen LogP contribution in [-0.2, 0) is 14.8 Å². The van der Waals surface area contributed by atoms with E-state index in [4.69, 9.17) is 4.74 Å². The predicted octanol–water partition coefficient (Wildman–Crippen LogP) is 1.75. The first-order chi connectivity index (χ1) is 10.7. The normalized spacial score (nSPS) is 11.6. The summed E-state index contributed by atoms with van der Waals surface area (Å²) in [6.07, 6.45) is 0.851. The third-order valence-electron chi connectivity index (χ3n) is 3.54.